The van der Waals surface area contributed by atoms with Gasteiger partial charge in [0.2, 0.25) is 0 Å². The maximum Gasteiger partial charge on any atom is 0.319 e. The van der Waals surface area contributed by atoms with Crippen LogP contribution in [0.4, 0.5) is 0 Å². The summed E-state index contributed by atoms with van der Waals surface area (Å²) in [6, 6.07) is 0. The Morgan fingerprint density at radius 1 is 1.37 bits per heavy atom. The number of ether oxygens (including phenoxy) is 1. The summed E-state index contributed by atoms with van der Waals surface area (Å²) in [6.45, 7) is 6.51. The van der Waals surface area contributed by atoms with Gasteiger partial charge in [0.25, 0.3) is 0 Å². The van der Waals surface area contributed by atoms with Gasteiger partial charge < -0.3 is 4.74 Å². The molecule has 3 nitrogen and oxygen atoms in total. The number of esters is 1. The van der Waals surface area contributed by atoms with Crippen molar-refractivity contribution in [3.05, 3.63) is 0 Å². The van der Waals surface area contributed by atoms with Crippen LogP contribution in [0.25, 0.3) is 0 Å². The van der Waals surface area contributed by atoms with Crippen LogP contribution in [-0.2, 0) is 14.3 Å². The first kappa shape index (κ1) is 13.1. The Morgan fingerprint density at radius 2 is 2.05 bits per heavy atom. The molecule has 19 heavy (non-hydrogen) atoms. The molecule has 0 aromatic heterocycles. The monoisotopic (exact) mass is 264 g/mol. The van der Waals surface area contributed by atoms with Crippen LogP contribution in [0.15, 0.2) is 0 Å². The Bertz CT molecular complexity index is 441. The van der Waals surface area contributed by atoms with E-state index in [4.69, 9.17) is 4.74 Å². The van der Waals surface area contributed by atoms with Crippen molar-refractivity contribution in [1.82, 2.24) is 0 Å². The van der Waals surface area contributed by atoms with E-state index in [0.717, 1.165) is 25.7 Å². The van der Waals surface area contributed by atoms with Crippen LogP contribution in [0.3, 0.4) is 0 Å². The van der Waals surface area contributed by atoms with Crippen LogP contribution in [0.2, 0.25) is 0 Å². The molecule has 106 valence electrons. The number of Topliss-reactive ketones (excluding diaryl/α,β-unsaturated/α-hetero) is 1. The maximum absolute atomic E-state index is 13.0. The van der Waals surface area contributed by atoms with E-state index in [1.165, 1.54) is 7.11 Å². The third-order valence-corrected chi connectivity index (χ3v) is 6.31. The van der Waals surface area contributed by atoms with Crippen LogP contribution < -0.4 is 0 Å². The maximum atomic E-state index is 13.0. The van der Waals surface area contributed by atoms with Crippen LogP contribution in [-0.4, -0.2) is 18.9 Å². The van der Waals surface area contributed by atoms with Crippen molar-refractivity contribution >= 4 is 11.8 Å². The highest BCUT2D eigenvalue weighted by atomic mass is 16.5. The quantitative estimate of drug-likeness (QED) is 0.569. The average Bonchev–Trinajstić information content (AvgIpc) is 2.67. The highest BCUT2D eigenvalue weighted by Crippen LogP contribution is 2.68. The Labute approximate surface area is 115 Å². The Kier molecular flexibility index (Phi) is 2.65. The summed E-state index contributed by atoms with van der Waals surface area (Å²) in [4.78, 5) is 25.4. The second-order valence-electron chi connectivity index (χ2n) is 7.48. The van der Waals surface area contributed by atoms with E-state index in [1.807, 2.05) is 0 Å². The van der Waals surface area contributed by atoms with E-state index in [2.05, 4.69) is 20.8 Å². The number of methoxy groups -OCH3 is 1. The highest BCUT2D eigenvalue weighted by molar-refractivity contribution is 6.08. The topological polar surface area (TPSA) is 43.4 Å². The van der Waals surface area contributed by atoms with Gasteiger partial charge in [-0.25, -0.2) is 0 Å². The number of carbonyl (C=O) groups excluding carboxylic acids is 2. The summed E-state index contributed by atoms with van der Waals surface area (Å²) in [5.41, 5.74) is -1.09. The predicted octanol–water partition coefficient (Wildman–Crippen LogP) is 2.83. The summed E-state index contributed by atoms with van der Waals surface area (Å²) in [5.74, 6) is 1.73. The second-order valence-corrected chi connectivity index (χ2v) is 7.48. The lowest BCUT2D eigenvalue weighted by Crippen LogP contribution is -2.58. The van der Waals surface area contributed by atoms with Gasteiger partial charge in [-0.05, 0) is 49.4 Å². The smallest absolute Gasteiger partial charge is 0.319 e. The van der Waals surface area contributed by atoms with Crippen LogP contribution in [0.5, 0.6) is 0 Å². The predicted molar refractivity (Wildman–Crippen MR) is 71.3 cm³/mol. The Balaban J connectivity index is 2.11. The van der Waals surface area contributed by atoms with Crippen LogP contribution >= 0.6 is 0 Å². The van der Waals surface area contributed by atoms with Gasteiger partial charge in [-0.1, -0.05) is 20.8 Å². The second kappa shape index (κ2) is 3.83. The van der Waals surface area contributed by atoms with Gasteiger partial charge in [0.05, 0.1) is 7.11 Å². The Hall–Kier alpha value is -0.860. The first-order valence-corrected chi connectivity index (χ1v) is 7.50. The Morgan fingerprint density at radius 3 is 2.63 bits per heavy atom. The SMILES string of the molecule is COC(=O)[C@@]12C[C@@H](C(C)C)[C@@H]3C[C@](C)(CC[C@H]31)C2=O. The number of rotatable bonds is 2. The van der Waals surface area contributed by atoms with Crippen molar-refractivity contribution in [3.8, 4) is 0 Å². The molecule has 4 fully saturated rings. The molecule has 0 N–H and O–H groups in total. The molecule has 0 aromatic rings. The third-order valence-electron chi connectivity index (χ3n) is 6.31. The summed E-state index contributed by atoms with van der Waals surface area (Å²) >= 11 is 0. The lowest BCUT2D eigenvalue weighted by molar-refractivity contribution is -0.175. The summed E-state index contributed by atoms with van der Waals surface area (Å²) in [5, 5.41) is 0. The molecule has 4 rings (SSSR count). The number of hydrogen-bond donors (Lipinski definition) is 0. The molecule has 3 heteroatoms. The van der Waals surface area contributed by atoms with Crippen molar-refractivity contribution in [2.75, 3.05) is 7.11 Å². The molecular weight excluding hydrogens is 240 g/mol. The molecule has 0 saturated heterocycles. The third kappa shape index (κ3) is 1.39. The van der Waals surface area contributed by atoms with Crippen molar-refractivity contribution in [2.45, 2.75) is 46.5 Å². The number of ketones is 1. The van der Waals surface area contributed by atoms with Gasteiger partial charge in [-0.3, -0.25) is 9.59 Å². The largest absolute Gasteiger partial charge is 0.468 e. The molecule has 0 radical (unpaired) electrons. The lowest BCUT2D eigenvalue weighted by atomic mass is 9.49. The normalized spacial score (nSPS) is 47.8. The molecule has 4 aliphatic rings. The molecule has 0 aromatic carbocycles. The zero-order chi connectivity index (χ0) is 14.0. The first-order valence-electron chi connectivity index (χ1n) is 7.50. The molecule has 0 unspecified atom stereocenters. The van der Waals surface area contributed by atoms with Crippen LogP contribution in [0, 0.1) is 34.5 Å². The number of hydrogen-bond acceptors (Lipinski definition) is 3. The molecule has 0 aliphatic heterocycles. The van der Waals surface area contributed by atoms with Crippen molar-refractivity contribution in [1.29, 1.82) is 0 Å². The molecule has 5 atom stereocenters. The van der Waals surface area contributed by atoms with Crippen molar-refractivity contribution in [3.63, 3.8) is 0 Å². The summed E-state index contributed by atoms with van der Waals surface area (Å²) in [7, 11) is 1.42. The fourth-order valence-corrected chi connectivity index (χ4v) is 5.43. The lowest BCUT2D eigenvalue weighted by Gasteiger charge is -2.52. The van der Waals surface area contributed by atoms with Gasteiger partial charge >= 0.3 is 5.97 Å². The van der Waals surface area contributed by atoms with Crippen molar-refractivity contribution in [2.24, 2.45) is 34.5 Å². The molecule has 0 heterocycles. The molecule has 4 aliphatic carbocycles. The fourth-order valence-electron chi connectivity index (χ4n) is 5.43. The number of fused-ring (bicyclic) bond motifs is 1. The fraction of sp³-hybridized carbons (Fsp3) is 0.875. The minimum atomic E-state index is -0.806. The van der Waals surface area contributed by atoms with E-state index in [0.29, 0.717) is 17.8 Å². The molecule has 0 amide bonds. The molecule has 4 bridgehead atoms. The van der Waals surface area contributed by atoms with Gasteiger partial charge in [0.15, 0.2) is 5.78 Å². The molecular formula is C16H24O3. The standard InChI is InChI=1S/C16H24O3/c1-9(2)10-8-16(14(18)19-4)12-5-6-15(3,13(16)17)7-11(10)12/h9-12H,5-8H2,1-4H3/t10-,11-,12+,15-,16-/m0/s1. The van der Waals surface area contributed by atoms with Crippen LogP contribution in [0.1, 0.15) is 46.5 Å². The summed E-state index contributed by atoms with van der Waals surface area (Å²) in [6.07, 6.45) is 3.68. The highest BCUT2D eigenvalue weighted by Gasteiger charge is 2.72. The summed E-state index contributed by atoms with van der Waals surface area (Å²) < 4.78 is 5.05. The molecule has 4 saturated carbocycles. The van der Waals surface area contributed by atoms with Crippen molar-refractivity contribution < 1.29 is 14.3 Å². The first-order chi connectivity index (χ1) is 8.86. The van der Waals surface area contributed by atoms with E-state index in [-0.39, 0.29) is 23.1 Å². The minimum Gasteiger partial charge on any atom is -0.468 e. The van der Waals surface area contributed by atoms with Gasteiger partial charge in [0.1, 0.15) is 5.41 Å². The van der Waals surface area contributed by atoms with Gasteiger partial charge in [-0.15, -0.1) is 0 Å². The van der Waals surface area contributed by atoms with E-state index >= 15 is 0 Å². The van der Waals surface area contributed by atoms with E-state index in [9.17, 15) is 9.59 Å². The average molecular weight is 264 g/mol. The molecule has 0 spiro atoms. The van der Waals surface area contributed by atoms with E-state index < -0.39 is 5.41 Å². The minimum absolute atomic E-state index is 0.183. The number of carbonyl (C=O) groups is 2. The van der Waals surface area contributed by atoms with E-state index in [1.54, 1.807) is 0 Å². The zero-order valence-corrected chi connectivity index (χ0v) is 12.4. The van der Waals surface area contributed by atoms with Gasteiger partial charge in [-0.2, -0.15) is 0 Å². The van der Waals surface area contributed by atoms with Gasteiger partial charge in [0, 0.05) is 5.41 Å². The zero-order valence-electron chi connectivity index (χ0n) is 12.4.